The minimum atomic E-state index is -0.607. The standard InChI is InChI=1S/C30H35NO7/c1-17(2)37-12-13-38-30(34)27-18(3)31-23-14-21(20-8-11-25(35-4)26(16-20)36-5)15-24(33)29(23)28(27)19-6-9-22(32)10-7-19/h6-11,16-17,21,28,31-32H,12-15H2,1-5H3/t21-,28+/m0/s1. The SMILES string of the molecule is COc1ccc([C@@H]2CC(=O)C3=C(C2)NC(C)=C(C(=O)OCCOC(C)C)[C@H]3c2ccc(O)cc2)cc1OC. The molecule has 0 unspecified atom stereocenters. The number of phenols is 1. The molecule has 2 aromatic carbocycles. The van der Waals surface area contributed by atoms with E-state index in [-0.39, 0.29) is 43.2 Å². The summed E-state index contributed by atoms with van der Waals surface area (Å²) in [5.41, 5.74) is 4.08. The summed E-state index contributed by atoms with van der Waals surface area (Å²) in [7, 11) is 3.17. The number of allylic oxidation sites excluding steroid dienone is 3. The van der Waals surface area contributed by atoms with Crippen molar-refractivity contribution in [3.63, 3.8) is 0 Å². The van der Waals surface area contributed by atoms with Crippen LogP contribution in [-0.4, -0.2) is 50.4 Å². The predicted octanol–water partition coefficient (Wildman–Crippen LogP) is 4.74. The highest BCUT2D eigenvalue weighted by atomic mass is 16.6. The number of aromatic hydroxyl groups is 1. The van der Waals surface area contributed by atoms with Gasteiger partial charge in [-0.2, -0.15) is 0 Å². The third kappa shape index (κ3) is 5.70. The van der Waals surface area contributed by atoms with Gasteiger partial charge in [0.25, 0.3) is 0 Å². The molecule has 202 valence electrons. The van der Waals surface area contributed by atoms with Crippen molar-refractivity contribution in [2.75, 3.05) is 27.4 Å². The first kappa shape index (κ1) is 27.3. The zero-order valence-electron chi connectivity index (χ0n) is 22.5. The Labute approximate surface area is 223 Å². The lowest BCUT2D eigenvalue weighted by molar-refractivity contribution is -0.141. The number of methoxy groups -OCH3 is 2. The summed E-state index contributed by atoms with van der Waals surface area (Å²) in [6, 6.07) is 12.3. The fourth-order valence-corrected chi connectivity index (χ4v) is 5.15. The molecule has 2 aliphatic rings. The predicted molar refractivity (Wildman–Crippen MR) is 142 cm³/mol. The molecule has 1 aliphatic carbocycles. The summed E-state index contributed by atoms with van der Waals surface area (Å²) in [6.07, 6.45) is 0.906. The molecule has 2 N–H and O–H groups in total. The quantitative estimate of drug-likeness (QED) is 0.360. The van der Waals surface area contributed by atoms with Crippen LogP contribution < -0.4 is 14.8 Å². The zero-order valence-corrected chi connectivity index (χ0v) is 22.5. The first-order valence-electron chi connectivity index (χ1n) is 12.8. The number of dihydropyridines is 1. The summed E-state index contributed by atoms with van der Waals surface area (Å²) in [5, 5.41) is 13.2. The highest BCUT2D eigenvalue weighted by Gasteiger charge is 2.41. The van der Waals surface area contributed by atoms with Gasteiger partial charge in [0.2, 0.25) is 0 Å². The van der Waals surface area contributed by atoms with Gasteiger partial charge in [-0.3, -0.25) is 4.79 Å². The van der Waals surface area contributed by atoms with Gasteiger partial charge in [-0.05, 0) is 68.5 Å². The molecule has 8 nitrogen and oxygen atoms in total. The van der Waals surface area contributed by atoms with E-state index in [0.29, 0.717) is 34.8 Å². The Hall–Kier alpha value is -3.78. The smallest absolute Gasteiger partial charge is 0.336 e. The lowest BCUT2D eigenvalue weighted by Crippen LogP contribution is -2.36. The molecule has 1 aliphatic heterocycles. The summed E-state index contributed by atoms with van der Waals surface area (Å²) >= 11 is 0. The van der Waals surface area contributed by atoms with Crippen LogP contribution in [0.15, 0.2) is 65.0 Å². The van der Waals surface area contributed by atoms with Crippen molar-refractivity contribution in [1.29, 1.82) is 0 Å². The van der Waals surface area contributed by atoms with Crippen molar-refractivity contribution in [2.45, 2.75) is 51.6 Å². The second-order valence-electron chi connectivity index (χ2n) is 9.78. The number of hydrogen-bond acceptors (Lipinski definition) is 8. The van der Waals surface area contributed by atoms with E-state index in [4.69, 9.17) is 18.9 Å². The molecular formula is C30H35NO7. The number of phenolic OH excluding ortho intramolecular Hbond substituents is 1. The lowest BCUT2D eigenvalue weighted by Gasteiger charge is -2.36. The molecule has 0 fully saturated rings. The Kier molecular flexibility index (Phi) is 8.42. The summed E-state index contributed by atoms with van der Waals surface area (Å²) < 4.78 is 21.9. The minimum absolute atomic E-state index is 0.0296. The topological polar surface area (TPSA) is 103 Å². The molecule has 2 atom stereocenters. The fourth-order valence-electron chi connectivity index (χ4n) is 5.15. The van der Waals surface area contributed by atoms with Crippen molar-refractivity contribution >= 4 is 11.8 Å². The monoisotopic (exact) mass is 521 g/mol. The molecule has 0 amide bonds. The first-order valence-corrected chi connectivity index (χ1v) is 12.8. The van der Waals surface area contributed by atoms with E-state index in [1.165, 1.54) is 0 Å². The molecule has 38 heavy (non-hydrogen) atoms. The molecule has 0 radical (unpaired) electrons. The van der Waals surface area contributed by atoms with E-state index in [0.717, 1.165) is 16.8 Å². The van der Waals surface area contributed by atoms with Gasteiger partial charge in [0.1, 0.15) is 12.4 Å². The van der Waals surface area contributed by atoms with Crippen LogP contribution in [0.2, 0.25) is 0 Å². The first-order chi connectivity index (χ1) is 18.2. The number of Topliss-reactive ketones (excluding diaryl/α,β-unsaturated/α-hetero) is 1. The molecule has 0 saturated heterocycles. The van der Waals surface area contributed by atoms with Crippen LogP contribution in [0.25, 0.3) is 0 Å². The van der Waals surface area contributed by atoms with Crippen molar-refractivity contribution in [2.24, 2.45) is 0 Å². The van der Waals surface area contributed by atoms with Gasteiger partial charge < -0.3 is 29.4 Å². The fraction of sp³-hybridized carbons (Fsp3) is 0.400. The van der Waals surface area contributed by atoms with Crippen LogP contribution in [0.5, 0.6) is 17.2 Å². The van der Waals surface area contributed by atoms with Gasteiger partial charge in [-0.1, -0.05) is 18.2 Å². The second-order valence-corrected chi connectivity index (χ2v) is 9.78. The largest absolute Gasteiger partial charge is 0.508 e. The van der Waals surface area contributed by atoms with Crippen molar-refractivity contribution in [1.82, 2.24) is 5.32 Å². The van der Waals surface area contributed by atoms with Crippen LogP contribution in [0, 0.1) is 0 Å². The van der Waals surface area contributed by atoms with Crippen LogP contribution in [-0.2, 0) is 19.1 Å². The Balaban J connectivity index is 1.68. The van der Waals surface area contributed by atoms with Gasteiger partial charge in [0.05, 0.1) is 32.5 Å². The van der Waals surface area contributed by atoms with E-state index in [2.05, 4.69) is 5.32 Å². The van der Waals surface area contributed by atoms with Gasteiger partial charge in [0, 0.05) is 29.3 Å². The number of rotatable bonds is 9. The molecule has 0 saturated carbocycles. The average Bonchev–Trinajstić information content (AvgIpc) is 2.90. The van der Waals surface area contributed by atoms with Gasteiger partial charge in [-0.15, -0.1) is 0 Å². The van der Waals surface area contributed by atoms with Crippen LogP contribution in [0.4, 0.5) is 0 Å². The molecule has 0 spiro atoms. The van der Waals surface area contributed by atoms with Gasteiger partial charge in [-0.25, -0.2) is 4.79 Å². The van der Waals surface area contributed by atoms with Crippen LogP contribution >= 0.6 is 0 Å². The third-order valence-corrected chi connectivity index (χ3v) is 6.92. The zero-order chi connectivity index (χ0) is 27.4. The highest BCUT2D eigenvalue weighted by molar-refractivity contribution is 6.04. The van der Waals surface area contributed by atoms with Gasteiger partial charge >= 0.3 is 5.97 Å². The van der Waals surface area contributed by atoms with Crippen molar-refractivity contribution in [3.8, 4) is 17.2 Å². The normalized spacial score (nSPS) is 19.3. The maximum Gasteiger partial charge on any atom is 0.336 e. The number of ketones is 1. The van der Waals surface area contributed by atoms with Crippen LogP contribution in [0.1, 0.15) is 56.6 Å². The number of nitrogens with one attached hydrogen (secondary N) is 1. The minimum Gasteiger partial charge on any atom is -0.508 e. The van der Waals surface area contributed by atoms with E-state index >= 15 is 0 Å². The number of benzene rings is 2. The summed E-state index contributed by atoms with van der Waals surface area (Å²) in [4.78, 5) is 27.1. The second kappa shape index (κ2) is 11.7. The summed E-state index contributed by atoms with van der Waals surface area (Å²) in [5.74, 6) is 0.128. The Bertz CT molecular complexity index is 1260. The molecule has 0 bridgehead atoms. The molecule has 1 heterocycles. The van der Waals surface area contributed by atoms with Gasteiger partial charge in [0.15, 0.2) is 17.3 Å². The van der Waals surface area contributed by atoms with Crippen LogP contribution in [0.3, 0.4) is 0 Å². The summed E-state index contributed by atoms with van der Waals surface area (Å²) in [6.45, 7) is 6.05. The van der Waals surface area contributed by atoms with E-state index in [1.54, 1.807) is 38.5 Å². The molecule has 8 heteroatoms. The number of ether oxygens (including phenoxy) is 4. The average molecular weight is 522 g/mol. The Morgan fingerprint density at radius 2 is 1.68 bits per heavy atom. The molecule has 0 aromatic heterocycles. The Morgan fingerprint density at radius 1 is 1.00 bits per heavy atom. The van der Waals surface area contributed by atoms with E-state index in [1.807, 2.05) is 39.0 Å². The maximum absolute atomic E-state index is 13.8. The Morgan fingerprint density at radius 3 is 2.34 bits per heavy atom. The third-order valence-electron chi connectivity index (χ3n) is 6.92. The van der Waals surface area contributed by atoms with E-state index < -0.39 is 11.9 Å². The molecule has 2 aromatic rings. The number of carbonyl (C=O) groups is 2. The number of hydrogen-bond donors (Lipinski definition) is 2. The molecular weight excluding hydrogens is 486 g/mol. The number of carbonyl (C=O) groups excluding carboxylic acids is 2. The van der Waals surface area contributed by atoms with E-state index in [9.17, 15) is 14.7 Å². The number of esters is 1. The molecule has 4 rings (SSSR count). The van der Waals surface area contributed by atoms with Crippen molar-refractivity contribution in [3.05, 3.63) is 76.1 Å². The van der Waals surface area contributed by atoms with Crippen molar-refractivity contribution < 1.29 is 33.6 Å². The maximum atomic E-state index is 13.8. The highest BCUT2D eigenvalue weighted by Crippen LogP contribution is 2.46. The lowest BCUT2D eigenvalue weighted by atomic mass is 9.71.